The molecule has 34 heavy (non-hydrogen) atoms. The van der Waals surface area contributed by atoms with Crippen LogP contribution in [0.15, 0.2) is 59.6 Å². The van der Waals surface area contributed by atoms with E-state index in [1.54, 1.807) is 34.9 Å². The van der Waals surface area contributed by atoms with Crippen molar-refractivity contribution in [3.63, 3.8) is 0 Å². The fraction of sp³-hybridized carbons (Fsp3) is 0.385. The Balaban J connectivity index is 1.50. The highest BCUT2D eigenvalue weighted by atomic mass is 32.2. The maximum atomic E-state index is 13.2. The van der Waals surface area contributed by atoms with Gasteiger partial charge in [0.2, 0.25) is 11.8 Å². The standard InChI is InChI=1S/C26H31N3O4S/c1-2-3-8-20-11-13-21(14-12-20)27-25(30)19-34(32,33)24-17-29(23-10-5-4-9-22(23)24)18-26(31)28-15-6-7-16-28/h4-5,9-14,17H,2-3,6-8,15-16,18-19H2,1H3,(H,27,30). The van der Waals surface area contributed by atoms with Crippen molar-refractivity contribution >= 4 is 38.2 Å². The molecule has 3 aromatic rings. The van der Waals surface area contributed by atoms with E-state index in [2.05, 4.69) is 12.2 Å². The summed E-state index contributed by atoms with van der Waals surface area (Å²) in [6, 6.07) is 14.6. The number of hydrogen-bond donors (Lipinski definition) is 1. The molecule has 8 heteroatoms. The summed E-state index contributed by atoms with van der Waals surface area (Å²) in [5.74, 6) is -1.29. The molecule has 0 unspecified atom stereocenters. The molecule has 7 nitrogen and oxygen atoms in total. The molecular formula is C26H31N3O4S. The van der Waals surface area contributed by atoms with Crippen molar-refractivity contribution in [2.24, 2.45) is 0 Å². The summed E-state index contributed by atoms with van der Waals surface area (Å²) < 4.78 is 28.1. The average molecular weight is 482 g/mol. The van der Waals surface area contributed by atoms with Gasteiger partial charge in [-0.2, -0.15) is 0 Å². The van der Waals surface area contributed by atoms with Crippen molar-refractivity contribution < 1.29 is 18.0 Å². The van der Waals surface area contributed by atoms with Gasteiger partial charge in [0.05, 0.1) is 4.90 Å². The SMILES string of the molecule is CCCCc1ccc(NC(=O)CS(=O)(=O)c2cn(CC(=O)N3CCCC3)c3ccccc23)cc1. The topological polar surface area (TPSA) is 88.5 Å². The fourth-order valence-corrected chi connectivity index (χ4v) is 5.76. The summed E-state index contributed by atoms with van der Waals surface area (Å²) in [4.78, 5) is 27.1. The Labute approximate surface area is 200 Å². The number of carbonyl (C=O) groups is 2. The lowest BCUT2D eigenvalue weighted by Crippen LogP contribution is -2.30. The monoisotopic (exact) mass is 481 g/mol. The van der Waals surface area contributed by atoms with Crippen LogP contribution in [0, 0.1) is 0 Å². The molecule has 0 aliphatic carbocycles. The number of unbranched alkanes of at least 4 members (excludes halogenated alkanes) is 1. The summed E-state index contributed by atoms with van der Waals surface area (Å²) in [6.45, 7) is 3.69. The molecule has 1 aliphatic rings. The number of nitrogens with one attached hydrogen (secondary N) is 1. The zero-order valence-corrected chi connectivity index (χ0v) is 20.3. The first-order valence-corrected chi connectivity index (χ1v) is 13.5. The Bertz CT molecular complexity index is 1270. The van der Waals surface area contributed by atoms with Crippen LogP contribution < -0.4 is 5.32 Å². The maximum absolute atomic E-state index is 13.2. The number of amides is 2. The first-order valence-electron chi connectivity index (χ1n) is 11.8. The van der Waals surface area contributed by atoms with Crippen LogP contribution in [0.4, 0.5) is 5.69 Å². The molecule has 0 bridgehead atoms. The van der Waals surface area contributed by atoms with Crippen LogP contribution in [0.2, 0.25) is 0 Å². The van der Waals surface area contributed by atoms with Crippen LogP contribution in [-0.2, 0) is 32.4 Å². The molecule has 1 saturated heterocycles. The predicted molar refractivity (Wildman–Crippen MR) is 133 cm³/mol. The van der Waals surface area contributed by atoms with Crippen molar-refractivity contribution in [3.8, 4) is 0 Å². The largest absolute Gasteiger partial charge is 0.341 e. The van der Waals surface area contributed by atoms with Gasteiger partial charge in [-0.3, -0.25) is 9.59 Å². The molecular weight excluding hydrogens is 450 g/mol. The van der Waals surface area contributed by atoms with Crippen LogP contribution in [0.25, 0.3) is 10.9 Å². The van der Waals surface area contributed by atoms with Gasteiger partial charge in [0.15, 0.2) is 9.84 Å². The Morgan fingerprint density at radius 2 is 1.71 bits per heavy atom. The fourth-order valence-electron chi connectivity index (χ4n) is 4.39. The first-order chi connectivity index (χ1) is 16.4. The third kappa shape index (κ3) is 5.50. The molecule has 2 aromatic carbocycles. The molecule has 0 spiro atoms. The van der Waals surface area contributed by atoms with Gasteiger partial charge in [-0.25, -0.2) is 8.42 Å². The molecule has 180 valence electrons. The molecule has 1 aliphatic heterocycles. The summed E-state index contributed by atoms with van der Waals surface area (Å²) >= 11 is 0. The maximum Gasteiger partial charge on any atom is 0.242 e. The summed E-state index contributed by atoms with van der Waals surface area (Å²) in [5.41, 5.74) is 2.42. The molecule has 4 rings (SSSR count). The van der Waals surface area contributed by atoms with E-state index in [9.17, 15) is 18.0 Å². The number of fused-ring (bicyclic) bond motifs is 1. The lowest BCUT2D eigenvalue weighted by atomic mass is 10.1. The van der Waals surface area contributed by atoms with Crippen LogP contribution in [-0.4, -0.2) is 48.5 Å². The number of nitrogens with zero attached hydrogens (tertiary/aromatic N) is 2. The molecule has 0 radical (unpaired) electrons. The number of rotatable bonds is 9. The van der Waals surface area contributed by atoms with Crippen LogP contribution in [0.1, 0.15) is 38.2 Å². The van der Waals surface area contributed by atoms with Crippen LogP contribution in [0.5, 0.6) is 0 Å². The molecule has 0 saturated carbocycles. The van der Waals surface area contributed by atoms with Crippen molar-refractivity contribution in [1.82, 2.24) is 9.47 Å². The van der Waals surface area contributed by atoms with Gasteiger partial charge in [-0.05, 0) is 49.4 Å². The smallest absolute Gasteiger partial charge is 0.242 e. The number of aryl methyl sites for hydroxylation is 1. The zero-order valence-electron chi connectivity index (χ0n) is 19.5. The van der Waals surface area contributed by atoms with Gasteiger partial charge in [-0.1, -0.05) is 43.7 Å². The molecule has 2 heterocycles. The number of likely N-dealkylation sites (tertiary alicyclic amines) is 1. The molecule has 2 amide bonds. The third-order valence-electron chi connectivity index (χ3n) is 6.23. The van der Waals surface area contributed by atoms with Gasteiger partial charge >= 0.3 is 0 Å². The van der Waals surface area contributed by atoms with Gasteiger partial charge in [0.1, 0.15) is 12.3 Å². The van der Waals surface area contributed by atoms with E-state index in [0.29, 0.717) is 16.6 Å². The van der Waals surface area contributed by atoms with E-state index in [0.717, 1.165) is 45.2 Å². The lowest BCUT2D eigenvalue weighted by molar-refractivity contribution is -0.130. The van der Waals surface area contributed by atoms with Gasteiger partial charge < -0.3 is 14.8 Å². The normalized spacial score (nSPS) is 14.0. The Morgan fingerprint density at radius 1 is 1.00 bits per heavy atom. The minimum atomic E-state index is -3.92. The van der Waals surface area contributed by atoms with Crippen molar-refractivity contribution in [1.29, 1.82) is 0 Å². The molecule has 1 fully saturated rings. The number of para-hydroxylation sites is 1. The Morgan fingerprint density at radius 3 is 2.41 bits per heavy atom. The second kappa shape index (κ2) is 10.4. The van der Waals surface area contributed by atoms with Crippen molar-refractivity contribution in [2.45, 2.75) is 50.5 Å². The number of hydrogen-bond acceptors (Lipinski definition) is 4. The van der Waals surface area contributed by atoms with E-state index >= 15 is 0 Å². The van der Waals surface area contributed by atoms with E-state index in [1.165, 1.54) is 11.8 Å². The average Bonchev–Trinajstić information content (AvgIpc) is 3.47. The number of carbonyl (C=O) groups excluding carboxylic acids is 2. The molecule has 1 N–H and O–H groups in total. The van der Waals surface area contributed by atoms with Gasteiger partial charge in [0, 0.05) is 35.9 Å². The number of benzene rings is 2. The lowest BCUT2D eigenvalue weighted by Gasteiger charge is -2.15. The van der Waals surface area contributed by atoms with E-state index in [4.69, 9.17) is 0 Å². The minimum absolute atomic E-state index is 0.0256. The second-order valence-corrected chi connectivity index (χ2v) is 10.8. The van der Waals surface area contributed by atoms with Crippen molar-refractivity contribution in [2.75, 3.05) is 24.2 Å². The molecule has 0 atom stereocenters. The summed E-state index contributed by atoms with van der Waals surface area (Å²) in [6.07, 6.45) is 6.66. The zero-order chi connectivity index (χ0) is 24.1. The number of aromatic nitrogens is 1. The third-order valence-corrected chi connectivity index (χ3v) is 7.87. The highest BCUT2D eigenvalue weighted by Gasteiger charge is 2.26. The van der Waals surface area contributed by atoms with Crippen molar-refractivity contribution in [3.05, 3.63) is 60.3 Å². The Hall–Kier alpha value is -3.13. The van der Waals surface area contributed by atoms with E-state index < -0.39 is 21.5 Å². The number of sulfone groups is 1. The highest BCUT2D eigenvalue weighted by molar-refractivity contribution is 7.92. The summed E-state index contributed by atoms with van der Waals surface area (Å²) in [7, 11) is -3.92. The minimum Gasteiger partial charge on any atom is -0.341 e. The highest BCUT2D eigenvalue weighted by Crippen LogP contribution is 2.27. The van der Waals surface area contributed by atoms with Gasteiger partial charge in [0.25, 0.3) is 0 Å². The van der Waals surface area contributed by atoms with Crippen LogP contribution in [0.3, 0.4) is 0 Å². The number of anilines is 1. The van der Waals surface area contributed by atoms with Crippen LogP contribution >= 0.6 is 0 Å². The summed E-state index contributed by atoms with van der Waals surface area (Å²) in [5, 5.41) is 3.21. The second-order valence-electron chi connectivity index (χ2n) is 8.83. The Kier molecular flexibility index (Phi) is 7.36. The molecule has 1 aromatic heterocycles. The predicted octanol–water partition coefficient (Wildman–Crippen LogP) is 4.02. The first kappa shape index (κ1) is 24.0. The quantitative estimate of drug-likeness (QED) is 0.500. The van der Waals surface area contributed by atoms with E-state index in [1.807, 2.05) is 23.1 Å². The van der Waals surface area contributed by atoms with E-state index in [-0.39, 0.29) is 17.3 Å². The van der Waals surface area contributed by atoms with Gasteiger partial charge in [-0.15, -0.1) is 0 Å².